The summed E-state index contributed by atoms with van der Waals surface area (Å²) in [6.07, 6.45) is 1.35. The van der Waals surface area contributed by atoms with Gasteiger partial charge < -0.3 is 4.74 Å². The molecule has 0 radical (unpaired) electrons. The molecular formula is C10H18FNO2S. The SMILES string of the molecule is COC(=O)[C@@H]1[C@@H](F)CCN1C(C)CSC. The number of esters is 1. The first-order valence-corrected chi connectivity index (χ1v) is 6.47. The number of ether oxygens (including phenoxy) is 1. The van der Waals surface area contributed by atoms with Crippen LogP contribution in [0.2, 0.25) is 0 Å². The van der Waals surface area contributed by atoms with Crippen LogP contribution in [0, 0.1) is 0 Å². The molecule has 1 unspecified atom stereocenters. The molecule has 5 heteroatoms. The van der Waals surface area contributed by atoms with Gasteiger partial charge in [0.2, 0.25) is 0 Å². The standard InChI is InChI=1S/C10H18FNO2S/c1-7(6-15-3)12-5-4-8(11)9(12)10(13)14-2/h7-9H,4-6H2,1-3H3/t7?,8-,9-/m0/s1. The molecule has 0 spiro atoms. The van der Waals surface area contributed by atoms with E-state index in [9.17, 15) is 9.18 Å². The zero-order valence-corrected chi connectivity index (χ0v) is 10.2. The fourth-order valence-corrected chi connectivity index (χ4v) is 2.69. The van der Waals surface area contributed by atoms with Gasteiger partial charge in [-0.15, -0.1) is 0 Å². The number of alkyl halides is 1. The quantitative estimate of drug-likeness (QED) is 0.687. The first-order chi connectivity index (χ1) is 7.11. The summed E-state index contributed by atoms with van der Waals surface area (Å²) in [6, 6.07) is -0.484. The number of hydrogen-bond donors (Lipinski definition) is 0. The Labute approximate surface area is 94.3 Å². The number of methoxy groups -OCH3 is 1. The first kappa shape index (κ1) is 12.8. The molecule has 0 aliphatic carbocycles. The topological polar surface area (TPSA) is 29.5 Å². The molecule has 1 aliphatic rings. The predicted molar refractivity (Wildman–Crippen MR) is 59.9 cm³/mol. The Morgan fingerprint density at radius 2 is 2.40 bits per heavy atom. The van der Waals surface area contributed by atoms with E-state index in [0.29, 0.717) is 13.0 Å². The second kappa shape index (κ2) is 5.70. The van der Waals surface area contributed by atoms with Crippen molar-refractivity contribution in [2.24, 2.45) is 0 Å². The molecule has 0 saturated carbocycles. The van der Waals surface area contributed by atoms with Crippen molar-refractivity contribution in [1.82, 2.24) is 4.90 Å². The van der Waals surface area contributed by atoms with E-state index in [4.69, 9.17) is 0 Å². The normalized spacial score (nSPS) is 29.1. The molecule has 0 aromatic carbocycles. The minimum absolute atomic E-state index is 0.213. The minimum Gasteiger partial charge on any atom is -0.468 e. The number of nitrogens with zero attached hydrogens (tertiary/aromatic N) is 1. The van der Waals surface area contributed by atoms with Crippen molar-refractivity contribution >= 4 is 17.7 Å². The molecule has 1 saturated heterocycles. The number of rotatable bonds is 4. The monoisotopic (exact) mass is 235 g/mol. The van der Waals surface area contributed by atoms with Gasteiger partial charge >= 0.3 is 5.97 Å². The van der Waals surface area contributed by atoms with Crippen molar-refractivity contribution in [2.45, 2.75) is 31.6 Å². The lowest BCUT2D eigenvalue weighted by molar-refractivity contribution is -0.148. The van der Waals surface area contributed by atoms with Crippen LogP contribution >= 0.6 is 11.8 Å². The maximum atomic E-state index is 13.5. The van der Waals surface area contributed by atoms with Crippen molar-refractivity contribution in [1.29, 1.82) is 0 Å². The molecule has 0 aromatic heterocycles. The summed E-state index contributed by atoms with van der Waals surface area (Å²) in [6.45, 7) is 2.66. The molecule has 1 aliphatic heterocycles. The van der Waals surface area contributed by atoms with Gasteiger partial charge in [0.05, 0.1) is 7.11 Å². The van der Waals surface area contributed by atoms with Crippen LogP contribution in [0.15, 0.2) is 0 Å². The largest absolute Gasteiger partial charge is 0.468 e. The van der Waals surface area contributed by atoms with Crippen LogP contribution in [0.25, 0.3) is 0 Å². The summed E-state index contributed by atoms with van der Waals surface area (Å²) in [5.41, 5.74) is 0. The molecule has 0 N–H and O–H groups in total. The molecule has 88 valence electrons. The van der Waals surface area contributed by atoms with Crippen molar-refractivity contribution in [3.8, 4) is 0 Å². The smallest absolute Gasteiger partial charge is 0.326 e. The molecule has 0 bridgehead atoms. The number of hydrogen-bond acceptors (Lipinski definition) is 4. The summed E-state index contributed by atoms with van der Waals surface area (Å²) in [5, 5.41) is 0. The van der Waals surface area contributed by atoms with Gasteiger partial charge in [0.1, 0.15) is 12.2 Å². The highest BCUT2D eigenvalue weighted by atomic mass is 32.2. The van der Waals surface area contributed by atoms with E-state index in [1.54, 1.807) is 11.8 Å². The van der Waals surface area contributed by atoms with Gasteiger partial charge in [0, 0.05) is 18.3 Å². The van der Waals surface area contributed by atoms with Crippen LogP contribution in [0.4, 0.5) is 4.39 Å². The molecule has 0 aromatic rings. The van der Waals surface area contributed by atoms with Crippen molar-refractivity contribution < 1.29 is 13.9 Å². The van der Waals surface area contributed by atoms with Crippen LogP contribution < -0.4 is 0 Å². The van der Waals surface area contributed by atoms with Crippen LogP contribution in [0.3, 0.4) is 0 Å². The Hall–Kier alpha value is -0.290. The summed E-state index contributed by atoms with van der Waals surface area (Å²) >= 11 is 1.70. The van der Waals surface area contributed by atoms with Crippen LogP contribution in [-0.4, -0.2) is 54.8 Å². The Bertz CT molecular complexity index is 227. The van der Waals surface area contributed by atoms with Gasteiger partial charge in [0.15, 0.2) is 0 Å². The lowest BCUT2D eigenvalue weighted by atomic mass is 10.2. The molecule has 0 amide bonds. The molecule has 15 heavy (non-hydrogen) atoms. The molecular weight excluding hydrogens is 217 g/mol. The Morgan fingerprint density at radius 1 is 1.73 bits per heavy atom. The zero-order chi connectivity index (χ0) is 11.4. The van der Waals surface area contributed by atoms with E-state index in [1.807, 2.05) is 18.1 Å². The van der Waals surface area contributed by atoms with E-state index in [1.165, 1.54) is 7.11 Å². The second-order valence-electron chi connectivity index (χ2n) is 3.81. The van der Waals surface area contributed by atoms with Crippen LogP contribution in [0.5, 0.6) is 0 Å². The van der Waals surface area contributed by atoms with Gasteiger partial charge in [-0.2, -0.15) is 11.8 Å². The number of thioether (sulfide) groups is 1. The van der Waals surface area contributed by atoms with Gasteiger partial charge in [0.25, 0.3) is 0 Å². The molecule has 1 rings (SSSR count). The molecule has 1 heterocycles. The summed E-state index contributed by atoms with van der Waals surface area (Å²) in [7, 11) is 1.31. The number of carbonyl (C=O) groups is 1. The maximum Gasteiger partial charge on any atom is 0.326 e. The van der Waals surface area contributed by atoms with Gasteiger partial charge in [-0.1, -0.05) is 0 Å². The van der Waals surface area contributed by atoms with Gasteiger partial charge in [-0.25, -0.2) is 4.39 Å². The zero-order valence-electron chi connectivity index (χ0n) is 9.40. The van der Waals surface area contributed by atoms with Crippen molar-refractivity contribution in [2.75, 3.05) is 25.7 Å². The summed E-state index contributed by atoms with van der Waals surface area (Å²) in [4.78, 5) is 13.3. The predicted octanol–water partition coefficient (Wildman–Crippen LogP) is 1.32. The van der Waals surface area contributed by atoms with E-state index >= 15 is 0 Å². The molecule has 3 nitrogen and oxygen atoms in total. The summed E-state index contributed by atoms with van der Waals surface area (Å²) in [5.74, 6) is 0.452. The maximum absolute atomic E-state index is 13.5. The lowest BCUT2D eigenvalue weighted by Crippen LogP contribution is -2.46. The van der Waals surface area contributed by atoms with Crippen LogP contribution in [0.1, 0.15) is 13.3 Å². The van der Waals surface area contributed by atoms with E-state index in [-0.39, 0.29) is 6.04 Å². The van der Waals surface area contributed by atoms with Gasteiger partial charge in [-0.3, -0.25) is 9.69 Å². The first-order valence-electron chi connectivity index (χ1n) is 5.08. The third kappa shape index (κ3) is 2.84. The highest BCUT2D eigenvalue weighted by molar-refractivity contribution is 7.98. The number of halogens is 1. The second-order valence-corrected chi connectivity index (χ2v) is 4.73. The third-order valence-electron chi connectivity index (χ3n) is 2.78. The highest BCUT2D eigenvalue weighted by Gasteiger charge is 2.42. The lowest BCUT2D eigenvalue weighted by Gasteiger charge is -2.28. The van der Waals surface area contributed by atoms with Crippen molar-refractivity contribution in [3.05, 3.63) is 0 Å². The molecule has 3 atom stereocenters. The fraction of sp³-hybridized carbons (Fsp3) is 0.900. The fourth-order valence-electron chi connectivity index (χ4n) is 2.01. The average molecular weight is 235 g/mol. The Morgan fingerprint density at radius 3 is 2.93 bits per heavy atom. The molecule has 1 fully saturated rings. The van der Waals surface area contributed by atoms with Gasteiger partial charge in [-0.05, 0) is 19.6 Å². The van der Waals surface area contributed by atoms with Crippen molar-refractivity contribution in [3.63, 3.8) is 0 Å². The highest BCUT2D eigenvalue weighted by Crippen LogP contribution is 2.25. The Kier molecular flexibility index (Phi) is 4.86. The summed E-state index contributed by atoms with van der Waals surface area (Å²) < 4.78 is 18.2. The third-order valence-corrected chi connectivity index (χ3v) is 3.60. The number of carbonyl (C=O) groups excluding carboxylic acids is 1. The number of likely N-dealkylation sites (tertiary alicyclic amines) is 1. The van der Waals surface area contributed by atoms with E-state index in [0.717, 1.165) is 5.75 Å². The van der Waals surface area contributed by atoms with E-state index < -0.39 is 18.2 Å². The van der Waals surface area contributed by atoms with E-state index in [2.05, 4.69) is 4.74 Å². The van der Waals surface area contributed by atoms with Crippen LogP contribution in [-0.2, 0) is 9.53 Å². The Balaban J connectivity index is 2.67. The average Bonchev–Trinajstić information content (AvgIpc) is 2.59. The minimum atomic E-state index is -1.08.